The zero-order chi connectivity index (χ0) is 21.1. The summed E-state index contributed by atoms with van der Waals surface area (Å²) in [6.07, 6.45) is -8.39. The maximum Gasteiger partial charge on any atom is 0.419 e. The van der Waals surface area contributed by atoms with E-state index in [1.807, 2.05) is 0 Å². The van der Waals surface area contributed by atoms with E-state index in [1.165, 1.54) is 0 Å². The molecule has 1 aliphatic rings. The molecule has 1 aromatic carbocycles. The van der Waals surface area contributed by atoms with Gasteiger partial charge in [-0.1, -0.05) is 0 Å². The number of nitrogens with zero attached hydrogens (tertiary/aromatic N) is 1. The Bertz CT molecular complexity index is 1030. The lowest BCUT2D eigenvalue weighted by Crippen LogP contribution is -2.33. The second-order valence-electron chi connectivity index (χ2n) is 6.27. The van der Waals surface area contributed by atoms with E-state index in [-0.39, 0.29) is 11.4 Å². The molecule has 0 aliphatic heterocycles. The van der Waals surface area contributed by atoms with Crippen LogP contribution in [-0.2, 0) is 22.4 Å². The van der Waals surface area contributed by atoms with E-state index >= 15 is 0 Å². The summed E-state index contributed by atoms with van der Waals surface area (Å²) in [6.45, 7) is 0. The molecule has 1 N–H and O–H groups in total. The summed E-state index contributed by atoms with van der Waals surface area (Å²) < 4.78 is 118. The summed E-state index contributed by atoms with van der Waals surface area (Å²) in [5.74, 6) is -5.29. The number of fused-ring (bicyclic) bond motifs is 1. The van der Waals surface area contributed by atoms with Gasteiger partial charge in [-0.2, -0.15) is 13.2 Å². The Balaban J connectivity index is 2.30. The molecule has 12 heteroatoms. The molecule has 0 spiro atoms. The van der Waals surface area contributed by atoms with Gasteiger partial charge in [-0.15, -0.1) is 0 Å². The number of alkyl halides is 6. The molecule has 1 atom stereocenters. The zero-order valence-corrected chi connectivity index (χ0v) is 14.6. The Kier molecular flexibility index (Phi) is 4.78. The molecule has 0 saturated heterocycles. The summed E-state index contributed by atoms with van der Waals surface area (Å²) in [7, 11) is -4.73. The van der Waals surface area contributed by atoms with Crippen LogP contribution in [0.4, 0.5) is 30.7 Å². The van der Waals surface area contributed by atoms with E-state index < -0.39 is 68.7 Å². The van der Waals surface area contributed by atoms with Crippen LogP contribution in [0.5, 0.6) is 0 Å². The highest BCUT2D eigenvalue weighted by atomic mass is 32.2. The number of aliphatic hydroxyl groups excluding tert-OH is 1. The molecule has 0 radical (unpaired) electrons. The molecule has 3 rings (SSSR count). The first-order valence-corrected chi connectivity index (χ1v) is 9.40. The minimum Gasteiger partial charge on any atom is -0.382 e. The summed E-state index contributed by atoms with van der Waals surface area (Å²) in [4.78, 5) is -0.949. The van der Waals surface area contributed by atoms with Gasteiger partial charge in [-0.05, 0) is 24.6 Å². The number of aromatic nitrogens is 1. The summed E-state index contributed by atoms with van der Waals surface area (Å²) in [5.41, 5.74) is -3.01. The lowest BCUT2D eigenvalue weighted by molar-refractivity contribution is -0.140. The van der Waals surface area contributed by atoms with Crippen LogP contribution in [-0.4, -0.2) is 30.0 Å². The molecule has 2 aromatic rings. The van der Waals surface area contributed by atoms with Crippen molar-refractivity contribution in [2.24, 2.45) is 0 Å². The lowest BCUT2D eigenvalue weighted by Gasteiger charge is -2.29. The number of aliphatic hydroxyl groups is 1. The largest absolute Gasteiger partial charge is 0.419 e. The number of hydrogen-bond donors (Lipinski definition) is 1. The first kappa shape index (κ1) is 20.6. The van der Waals surface area contributed by atoms with Gasteiger partial charge in [-0.3, -0.25) is 0 Å². The molecule has 0 fully saturated rings. The van der Waals surface area contributed by atoms with Gasteiger partial charge in [0.1, 0.15) is 11.9 Å². The monoisotopic (exact) mass is 431 g/mol. The van der Waals surface area contributed by atoms with Gasteiger partial charge in [0.25, 0.3) is 5.92 Å². The molecule has 1 aromatic heterocycles. The topological polar surface area (TPSA) is 59.3 Å². The van der Waals surface area contributed by atoms with Crippen LogP contribution < -0.4 is 0 Å². The van der Waals surface area contributed by atoms with E-state index in [2.05, 4.69) is 0 Å². The first-order valence-electron chi connectivity index (χ1n) is 7.75. The fraction of sp³-hybridized carbons (Fsp3) is 0.375. The van der Waals surface area contributed by atoms with Crippen molar-refractivity contribution in [3.05, 3.63) is 47.0 Å². The molecular formula is C16H12F7NO3S. The van der Waals surface area contributed by atoms with Gasteiger partial charge in [-0.25, -0.2) is 26.0 Å². The molecule has 0 bridgehead atoms. The van der Waals surface area contributed by atoms with Gasteiger partial charge < -0.3 is 9.67 Å². The Hall–Kier alpha value is -2.08. The minimum absolute atomic E-state index is 0.217. The van der Waals surface area contributed by atoms with Crippen LogP contribution in [0, 0.1) is 5.82 Å². The highest BCUT2D eigenvalue weighted by Crippen LogP contribution is 2.46. The average Bonchev–Trinajstić information content (AvgIpc) is 2.98. The number of halogens is 7. The third-order valence-corrected chi connectivity index (χ3v) is 5.78. The molecule has 4 nitrogen and oxygen atoms in total. The van der Waals surface area contributed by atoms with Crippen LogP contribution in [0.2, 0.25) is 0 Å². The van der Waals surface area contributed by atoms with Gasteiger partial charge in [0.05, 0.1) is 10.5 Å². The summed E-state index contributed by atoms with van der Waals surface area (Å²) >= 11 is 0. The SMILES string of the molecule is O=S(=O)(CF)c1cn(-c2ccc(F)c(C(F)(F)F)c2)c2c1[C@H](O)C(F)(F)CC2. The smallest absolute Gasteiger partial charge is 0.382 e. The van der Waals surface area contributed by atoms with E-state index in [1.54, 1.807) is 0 Å². The number of sulfone groups is 1. The maximum atomic E-state index is 13.9. The normalized spacial score (nSPS) is 19.5. The fourth-order valence-corrected chi connectivity index (χ4v) is 4.08. The standard InChI is InChI=1S/C16H12F7NO3S/c17-7-28(26,27)12-6-24(11-3-4-15(19,20)14(25)13(11)12)8-1-2-10(18)9(5-8)16(21,22)23/h1-2,5-6,14,25H,3-4,7H2/t14-/m0/s1. The summed E-state index contributed by atoms with van der Waals surface area (Å²) in [6, 6.07) is -0.211. The quantitative estimate of drug-likeness (QED) is 0.749. The second kappa shape index (κ2) is 6.48. The van der Waals surface area contributed by atoms with Gasteiger partial charge >= 0.3 is 6.18 Å². The van der Waals surface area contributed by atoms with Crippen molar-refractivity contribution < 1.29 is 44.3 Å². The number of rotatable bonds is 3. The van der Waals surface area contributed by atoms with Crippen LogP contribution in [0.25, 0.3) is 5.69 Å². The van der Waals surface area contributed by atoms with Crippen LogP contribution in [0.15, 0.2) is 29.3 Å². The highest BCUT2D eigenvalue weighted by molar-refractivity contribution is 7.91. The third-order valence-electron chi connectivity index (χ3n) is 4.49. The third kappa shape index (κ3) is 3.28. The first-order chi connectivity index (χ1) is 12.8. The second-order valence-corrected chi connectivity index (χ2v) is 8.16. The van der Waals surface area contributed by atoms with Crippen molar-refractivity contribution in [3.8, 4) is 5.69 Å². The zero-order valence-electron chi connectivity index (χ0n) is 13.8. The minimum atomic E-state index is -5.06. The predicted molar refractivity (Wildman–Crippen MR) is 82.1 cm³/mol. The Labute approximate surface area is 154 Å². The Morgan fingerprint density at radius 3 is 2.46 bits per heavy atom. The molecule has 1 aliphatic carbocycles. The molecule has 154 valence electrons. The molecular weight excluding hydrogens is 419 g/mol. The average molecular weight is 431 g/mol. The molecule has 0 amide bonds. The van der Waals surface area contributed by atoms with Crippen molar-refractivity contribution in [1.82, 2.24) is 4.57 Å². The van der Waals surface area contributed by atoms with Gasteiger partial charge in [0.15, 0.2) is 6.01 Å². The van der Waals surface area contributed by atoms with Gasteiger partial charge in [0, 0.05) is 29.6 Å². The van der Waals surface area contributed by atoms with Gasteiger partial charge in [0.2, 0.25) is 9.84 Å². The Morgan fingerprint density at radius 1 is 1.25 bits per heavy atom. The van der Waals surface area contributed by atoms with Crippen LogP contribution in [0.3, 0.4) is 0 Å². The number of hydrogen-bond acceptors (Lipinski definition) is 3. The van der Waals surface area contributed by atoms with E-state index in [9.17, 15) is 44.3 Å². The molecule has 0 unspecified atom stereocenters. The number of benzene rings is 1. The Morgan fingerprint density at radius 2 is 1.89 bits per heavy atom. The summed E-state index contributed by atoms with van der Waals surface area (Å²) in [5, 5.41) is 9.93. The van der Waals surface area contributed by atoms with Crippen LogP contribution in [0.1, 0.15) is 29.3 Å². The lowest BCUT2D eigenvalue weighted by atomic mass is 9.91. The molecule has 0 saturated carbocycles. The van der Waals surface area contributed by atoms with Crippen molar-refractivity contribution in [1.29, 1.82) is 0 Å². The fourth-order valence-electron chi connectivity index (χ4n) is 3.13. The van der Waals surface area contributed by atoms with E-state index in [0.29, 0.717) is 18.3 Å². The van der Waals surface area contributed by atoms with Crippen molar-refractivity contribution in [2.75, 3.05) is 6.01 Å². The molecule has 1 heterocycles. The van der Waals surface area contributed by atoms with E-state index in [4.69, 9.17) is 0 Å². The maximum absolute atomic E-state index is 13.9. The van der Waals surface area contributed by atoms with Crippen LogP contribution >= 0.6 is 0 Å². The van der Waals surface area contributed by atoms with E-state index in [0.717, 1.165) is 10.6 Å². The molecule has 28 heavy (non-hydrogen) atoms. The highest BCUT2D eigenvalue weighted by Gasteiger charge is 2.48. The van der Waals surface area contributed by atoms with Crippen molar-refractivity contribution >= 4 is 9.84 Å². The van der Waals surface area contributed by atoms with Crippen molar-refractivity contribution in [3.63, 3.8) is 0 Å². The van der Waals surface area contributed by atoms with Crippen molar-refractivity contribution in [2.45, 2.75) is 35.9 Å². The predicted octanol–water partition coefficient (Wildman–Crippen LogP) is 3.95.